The fraction of sp³-hybridized carbons (Fsp3) is 0.0769. The number of nitrogens with zero attached hydrogens (tertiary/aromatic N) is 1. The number of ether oxygens (including phenoxy) is 2. The third kappa shape index (κ3) is 6.20. The average molecular weight is 475 g/mol. The Balaban J connectivity index is 1.32. The van der Waals surface area contributed by atoms with E-state index in [2.05, 4.69) is 9.71 Å². The zero-order valence-electron chi connectivity index (χ0n) is 18.1. The van der Waals surface area contributed by atoms with Gasteiger partial charge in [0.25, 0.3) is 10.0 Å². The first-order chi connectivity index (χ1) is 16.5. The summed E-state index contributed by atoms with van der Waals surface area (Å²) in [5.74, 6) is 0.121. The molecule has 0 amide bonds. The van der Waals surface area contributed by atoms with Gasteiger partial charge >= 0.3 is 5.97 Å². The number of pyridine rings is 1. The van der Waals surface area contributed by atoms with Crippen molar-refractivity contribution >= 4 is 21.7 Å². The first-order valence-electron chi connectivity index (χ1n) is 10.5. The van der Waals surface area contributed by atoms with Crippen LogP contribution in [0.25, 0.3) is 0 Å². The van der Waals surface area contributed by atoms with E-state index in [1.54, 1.807) is 54.7 Å². The molecule has 0 aliphatic heterocycles. The Labute approximate surface area is 198 Å². The van der Waals surface area contributed by atoms with E-state index < -0.39 is 16.0 Å². The molecule has 1 N–H and O–H groups in total. The molecule has 0 bridgehead atoms. The van der Waals surface area contributed by atoms with E-state index >= 15 is 0 Å². The second-order valence-electron chi connectivity index (χ2n) is 7.33. The minimum atomic E-state index is -3.76. The number of carbonyl (C=O) groups excluding carboxylic acids is 1. The summed E-state index contributed by atoms with van der Waals surface area (Å²) in [6.07, 6.45) is 1.71. The van der Waals surface area contributed by atoms with Crippen molar-refractivity contribution in [2.24, 2.45) is 0 Å². The normalized spacial score (nSPS) is 10.9. The second-order valence-corrected chi connectivity index (χ2v) is 9.01. The molecule has 0 saturated carbocycles. The van der Waals surface area contributed by atoms with E-state index in [1.807, 2.05) is 30.3 Å². The summed E-state index contributed by atoms with van der Waals surface area (Å²) in [5, 5.41) is 0. The molecule has 0 spiro atoms. The minimum absolute atomic E-state index is 0.0688. The molecule has 0 unspecified atom stereocenters. The lowest BCUT2D eigenvalue weighted by Crippen LogP contribution is -2.13. The SMILES string of the molecule is O=C(OCc1ccc(OCc2ccccn2)cc1)c1cccc(NS(=O)(=O)c2ccccc2)c1. The Morgan fingerprint density at radius 1 is 0.824 bits per heavy atom. The standard InChI is InChI=1S/C26H22N2O5S/c29-26(21-7-6-9-22(17-21)28-34(30,31)25-10-2-1-3-11-25)33-18-20-12-14-24(15-13-20)32-19-23-8-4-5-16-27-23/h1-17,28H,18-19H2. The van der Waals surface area contributed by atoms with Gasteiger partial charge in [-0.3, -0.25) is 9.71 Å². The highest BCUT2D eigenvalue weighted by Crippen LogP contribution is 2.19. The van der Waals surface area contributed by atoms with Gasteiger partial charge in [0.2, 0.25) is 0 Å². The first kappa shape index (κ1) is 23.0. The highest BCUT2D eigenvalue weighted by molar-refractivity contribution is 7.92. The molecule has 1 aromatic heterocycles. The van der Waals surface area contributed by atoms with Crippen LogP contribution in [0, 0.1) is 0 Å². The Kier molecular flexibility index (Phi) is 7.19. The number of hydrogen-bond acceptors (Lipinski definition) is 6. The molecule has 0 radical (unpaired) electrons. The van der Waals surface area contributed by atoms with E-state index in [9.17, 15) is 13.2 Å². The summed E-state index contributed by atoms with van der Waals surface area (Å²) < 4.78 is 38.6. The van der Waals surface area contributed by atoms with Crippen molar-refractivity contribution in [3.63, 3.8) is 0 Å². The van der Waals surface area contributed by atoms with Gasteiger partial charge in [-0.1, -0.05) is 42.5 Å². The highest BCUT2D eigenvalue weighted by atomic mass is 32.2. The summed E-state index contributed by atoms with van der Waals surface area (Å²) in [5.41, 5.74) is 2.13. The number of carbonyl (C=O) groups is 1. The van der Waals surface area contributed by atoms with E-state index in [1.165, 1.54) is 18.2 Å². The van der Waals surface area contributed by atoms with E-state index in [0.29, 0.717) is 12.4 Å². The monoisotopic (exact) mass is 474 g/mol. The van der Waals surface area contributed by atoms with Gasteiger partial charge < -0.3 is 9.47 Å². The fourth-order valence-corrected chi connectivity index (χ4v) is 4.15. The van der Waals surface area contributed by atoms with Crippen molar-refractivity contribution in [2.75, 3.05) is 4.72 Å². The topological polar surface area (TPSA) is 94.6 Å². The van der Waals surface area contributed by atoms with Gasteiger partial charge in [-0.05, 0) is 60.2 Å². The first-order valence-corrected chi connectivity index (χ1v) is 11.9. The summed E-state index contributed by atoms with van der Waals surface area (Å²) in [7, 11) is -3.76. The van der Waals surface area contributed by atoms with Gasteiger partial charge in [0.15, 0.2) is 0 Å². The van der Waals surface area contributed by atoms with Crippen molar-refractivity contribution in [2.45, 2.75) is 18.1 Å². The van der Waals surface area contributed by atoms with Gasteiger partial charge in [-0.2, -0.15) is 0 Å². The van der Waals surface area contributed by atoms with Gasteiger partial charge in [0.05, 0.1) is 16.2 Å². The highest BCUT2D eigenvalue weighted by Gasteiger charge is 2.15. The molecule has 0 aliphatic carbocycles. The van der Waals surface area contributed by atoms with Crippen molar-refractivity contribution in [3.05, 3.63) is 120 Å². The van der Waals surface area contributed by atoms with Gasteiger partial charge in [0, 0.05) is 11.9 Å². The smallest absolute Gasteiger partial charge is 0.338 e. The number of sulfonamides is 1. The summed E-state index contributed by atoms with van der Waals surface area (Å²) in [6.45, 7) is 0.429. The quantitative estimate of drug-likeness (QED) is 0.350. The number of benzene rings is 3. The molecule has 0 saturated heterocycles. The van der Waals surface area contributed by atoms with Crippen LogP contribution in [0.3, 0.4) is 0 Å². The van der Waals surface area contributed by atoms with Crippen LogP contribution in [0.1, 0.15) is 21.6 Å². The fourth-order valence-electron chi connectivity index (χ4n) is 3.08. The minimum Gasteiger partial charge on any atom is -0.487 e. The molecule has 34 heavy (non-hydrogen) atoms. The van der Waals surface area contributed by atoms with Crippen LogP contribution in [0.15, 0.2) is 108 Å². The third-order valence-corrected chi connectivity index (χ3v) is 6.21. The predicted molar refractivity (Wildman–Crippen MR) is 128 cm³/mol. The molecule has 8 heteroatoms. The Morgan fingerprint density at radius 2 is 1.59 bits per heavy atom. The van der Waals surface area contributed by atoms with E-state index in [0.717, 1.165) is 11.3 Å². The van der Waals surface area contributed by atoms with Crippen molar-refractivity contribution in [3.8, 4) is 5.75 Å². The van der Waals surface area contributed by atoms with Crippen molar-refractivity contribution in [1.29, 1.82) is 0 Å². The zero-order valence-corrected chi connectivity index (χ0v) is 18.9. The summed E-state index contributed by atoms with van der Waals surface area (Å²) in [6, 6.07) is 27.0. The number of rotatable bonds is 9. The van der Waals surface area contributed by atoms with Crippen LogP contribution >= 0.6 is 0 Å². The third-order valence-electron chi connectivity index (χ3n) is 4.81. The number of nitrogens with one attached hydrogen (secondary N) is 1. The molecule has 0 atom stereocenters. The molecule has 4 aromatic rings. The lowest BCUT2D eigenvalue weighted by molar-refractivity contribution is 0.0472. The molecular formula is C26H22N2O5S. The van der Waals surface area contributed by atoms with Crippen molar-refractivity contribution in [1.82, 2.24) is 4.98 Å². The lowest BCUT2D eigenvalue weighted by atomic mass is 10.2. The molecule has 172 valence electrons. The van der Waals surface area contributed by atoms with Crippen molar-refractivity contribution < 1.29 is 22.7 Å². The van der Waals surface area contributed by atoms with Crippen LogP contribution in [0.5, 0.6) is 5.75 Å². The van der Waals surface area contributed by atoms with Crippen LogP contribution in [0.2, 0.25) is 0 Å². The summed E-state index contributed by atoms with van der Waals surface area (Å²) >= 11 is 0. The summed E-state index contributed by atoms with van der Waals surface area (Å²) in [4.78, 5) is 16.8. The maximum Gasteiger partial charge on any atom is 0.338 e. The Morgan fingerprint density at radius 3 is 2.32 bits per heavy atom. The van der Waals surface area contributed by atoms with E-state index in [-0.39, 0.29) is 22.8 Å². The van der Waals surface area contributed by atoms with Crippen LogP contribution in [-0.4, -0.2) is 19.4 Å². The second kappa shape index (κ2) is 10.6. The van der Waals surface area contributed by atoms with Crippen LogP contribution in [-0.2, 0) is 28.0 Å². The zero-order chi connectivity index (χ0) is 23.8. The molecule has 1 heterocycles. The molecule has 0 fully saturated rings. The molecule has 0 aliphatic rings. The van der Waals surface area contributed by atoms with Crippen LogP contribution < -0.4 is 9.46 Å². The number of esters is 1. The maximum atomic E-state index is 12.5. The molecule has 7 nitrogen and oxygen atoms in total. The average Bonchev–Trinajstić information content (AvgIpc) is 2.88. The number of anilines is 1. The lowest BCUT2D eigenvalue weighted by Gasteiger charge is -2.10. The van der Waals surface area contributed by atoms with Gasteiger partial charge in [0.1, 0.15) is 19.0 Å². The van der Waals surface area contributed by atoms with Gasteiger partial charge in [-0.15, -0.1) is 0 Å². The molecule has 4 rings (SSSR count). The van der Waals surface area contributed by atoms with E-state index in [4.69, 9.17) is 9.47 Å². The largest absolute Gasteiger partial charge is 0.487 e. The Hall–Kier alpha value is -4.17. The Bertz CT molecular complexity index is 1340. The predicted octanol–water partition coefficient (Wildman–Crippen LogP) is 4.82. The molecular weight excluding hydrogens is 452 g/mol. The molecule has 3 aromatic carbocycles. The van der Waals surface area contributed by atoms with Gasteiger partial charge in [-0.25, -0.2) is 13.2 Å². The maximum absolute atomic E-state index is 12.5. The number of hydrogen-bond donors (Lipinski definition) is 1. The number of aromatic nitrogens is 1. The van der Waals surface area contributed by atoms with Crippen LogP contribution in [0.4, 0.5) is 5.69 Å².